The number of carbonyl (C=O) groups excluding carboxylic acids is 2. The number of rotatable bonds is 2. The van der Waals surface area contributed by atoms with Gasteiger partial charge in [-0.15, -0.1) is 0 Å². The number of fused-ring (bicyclic) bond motifs is 4. The highest BCUT2D eigenvalue weighted by Gasteiger charge is 2.62. The molecule has 160 valence electrons. The van der Waals surface area contributed by atoms with E-state index in [0.29, 0.717) is 25.2 Å². The van der Waals surface area contributed by atoms with Crippen molar-refractivity contribution in [2.45, 2.75) is 103 Å². The first-order valence-electron chi connectivity index (χ1n) is 10.6. The summed E-state index contributed by atoms with van der Waals surface area (Å²) in [6.07, 6.45) is 1.29. The minimum absolute atomic E-state index is 0.0324. The Morgan fingerprint density at radius 1 is 1.14 bits per heavy atom. The second-order valence-electron chi connectivity index (χ2n) is 10.3. The summed E-state index contributed by atoms with van der Waals surface area (Å²) in [7, 11) is 0. The zero-order valence-corrected chi connectivity index (χ0v) is 18.0. The molecule has 2 aliphatic heterocycles. The summed E-state index contributed by atoms with van der Waals surface area (Å²) >= 11 is 0. The lowest BCUT2D eigenvalue weighted by atomic mass is 9.55. The topological polar surface area (TPSA) is 93.1 Å². The molecule has 0 aromatic heterocycles. The van der Waals surface area contributed by atoms with Gasteiger partial charge in [-0.1, -0.05) is 13.8 Å². The fourth-order valence-electron chi connectivity index (χ4n) is 6.13. The average Bonchev–Trinajstić information content (AvgIpc) is 2.50. The molecule has 6 heteroatoms. The lowest BCUT2D eigenvalue weighted by Crippen LogP contribution is -2.67. The molecule has 1 saturated carbocycles. The van der Waals surface area contributed by atoms with Crippen molar-refractivity contribution in [2.75, 3.05) is 0 Å². The van der Waals surface area contributed by atoms with Crippen LogP contribution in [0.5, 0.6) is 0 Å². The van der Waals surface area contributed by atoms with Crippen LogP contribution < -0.4 is 0 Å². The Bertz CT molecular complexity index is 639. The molecule has 0 aromatic rings. The molecule has 3 aliphatic rings. The van der Waals surface area contributed by atoms with Gasteiger partial charge >= 0.3 is 5.97 Å². The molecular formula is C22H36O6. The zero-order chi connectivity index (χ0) is 21.1. The number of Topliss-reactive ketones (excluding diaryl/α,β-unsaturated/α-hetero) is 1. The van der Waals surface area contributed by atoms with Gasteiger partial charge in [0, 0.05) is 19.3 Å². The van der Waals surface area contributed by atoms with Crippen molar-refractivity contribution in [1.82, 2.24) is 0 Å². The highest BCUT2D eigenvalue weighted by Crippen LogP contribution is 2.54. The van der Waals surface area contributed by atoms with Crippen LogP contribution in [0.4, 0.5) is 0 Å². The van der Waals surface area contributed by atoms with Crippen molar-refractivity contribution in [1.29, 1.82) is 0 Å². The van der Waals surface area contributed by atoms with Crippen LogP contribution in [0.15, 0.2) is 0 Å². The Morgan fingerprint density at radius 2 is 1.79 bits per heavy atom. The molecule has 28 heavy (non-hydrogen) atoms. The number of aliphatic hydroxyl groups is 2. The third-order valence-corrected chi connectivity index (χ3v) is 7.50. The van der Waals surface area contributed by atoms with Crippen molar-refractivity contribution in [3.63, 3.8) is 0 Å². The predicted molar refractivity (Wildman–Crippen MR) is 103 cm³/mol. The third-order valence-electron chi connectivity index (χ3n) is 7.50. The molecule has 2 N–H and O–H groups in total. The van der Waals surface area contributed by atoms with Gasteiger partial charge in [0.05, 0.1) is 29.3 Å². The van der Waals surface area contributed by atoms with Gasteiger partial charge in [0.2, 0.25) is 0 Å². The smallest absolute Gasteiger partial charge is 0.303 e. The molecule has 3 fully saturated rings. The molecular weight excluding hydrogens is 360 g/mol. The number of ether oxygens (including phenoxy) is 2. The van der Waals surface area contributed by atoms with Crippen LogP contribution in [0.25, 0.3) is 0 Å². The summed E-state index contributed by atoms with van der Waals surface area (Å²) in [5.74, 6) is -0.933. The maximum Gasteiger partial charge on any atom is 0.303 e. The van der Waals surface area contributed by atoms with Crippen molar-refractivity contribution < 1.29 is 29.3 Å². The van der Waals surface area contributed by atoms with E-state index < -0.39 is 40.9 Å². The van der Waals surface area contributed by atoms with Gasteiger partial charge in [-0.3, -0.25) is 9.59 Å². The summed E-state index contributed by atoms with van der Waals surface area (Å²) in [6.45, 7) is 10.8. The van der Waals surface area contributed by atoms with Crippen molar-refractivity contribution >= 4 is 11.8 Å². The van der Waals surface area contributed by atoms with Crippen LogP contribution in [0.2, 0.25) is 0 Å². The fraction of sp³-hybridized carbons (Fsp3) is 0.909. The monoisotopic (exact) mass is 396 g/mol. The first-order chi connectivity index (χ1) is 12.8. The molecule has 0 radical (unpaired) electrons. The van der Waals surface area contributed by atoms with E-state index in [2.05, 4.69) is 13.8 Å². The molecule has 0 aromatic carbocycles. The SMILES string of the molecule is CC(=O)O[C@@]1(C)CC[C@@H](C(C)C)[C@@H]2[C@@H]3O[C@@H](CC[C@]3(C)O)[C@@](C)(O)CC(=O)[C@@H]21. The molecule has 8 atom stereocenters. The minimum atomic E-state index is -1.31. The van der Waals surface area contributed by atoms with Crippen LogP contribution in [-0.4, -0.2) is 51.0 Å². The van der Waals surface area contributed by atoms with Crippen LogP contribution in [0.3, 0.4) is 0 Å². The zero-order valence-electron chi connectivity index (χ0n) is 18.0. The lowest BCUT2D eigenvalue weighted by molar-refractivity contribution is -0.264. The highest BCUT2D eigenvalue weighted by atomic mass is 16.6. The van der Waals surface area contributed by atoms with E-state index >= 15 is 0 Å². The normalized spacial score (nSPS) is 49.2. The van der Waals surface area contributed by atoms with Gasteiger partial charge in [-0.2, -0.15) is 0 Å². The van der Waals surface area contributed by atoms with Crippen molar-refractivity contribution in [2.24, 2.45) is 23.7 Å². The van der Waals surface area contributed by atoms with Gasteiger partial charge in [-0.05, 0) is 58.3 Å². The number of hydrogen-bond donors (Lipinski definition) is 2. The molecule has 0 unspecified atom stereocenters. The van der Waals surface area contributed by atoms with Crippen molar-refractivity contribution in [3.8, 4) is 0 Å². The largest absolute Gasteiger partial charge is 0.459 e. The summed E-state index contributed by atoms with van der Waals surface area (Å²) in [4.78, 5) is 25.4. The maximum absolute atomic E-state index is 13.5. The highest BCUT2D eigenvalue weighted by molar-refractivity contribution is 5.84. The molecule has 0 amide bonds. The van der Waals surface area contributed by atoms with E-state index in [1.54, 1.807) is 13.8 Å². The first kappa shape index (κ1) is 21.7. The van der Waals surface area contributed by atoms with E-state index in [1.165, 1.54) is 6.92 Å². The molecule has 0 spiro atoms. The Hall–Kier alpha value is -0.980. The standard InChI is InChI=1S/C22H36O6/c1-12(2)14-7-10-22(6,28-13(3)23)18-15(24)11-21(5,26)16-8-9-20(4,25)19(27-16)17(14)18/h12,14,16-19,25-26H,7-11H2,1-6H3/t14-,16-,17-,18-,19-,20-,21-,22-/m0/s1. The van der Waals surface area contributed by atoms with Crippen LogP contribution in [-0.2, 0) is 19.1 Å². The summed E-state index contributed by atoms with van der Waals surface area (Å²) < 4.78 is 12.1. The number of carbonyl (C=O) groups is 2. The van der Waals surface area contributed by atoms with E-state index in [0.717, 1.165) is 6.42 Å². The van der Waals surface area contributed by atoms with Gasteiger partial charge < -0.3 is 19.7 Å². The number of esters is 1. The van der Waals surface area contributed by atoms with Gasteiger partial charge in [0.15, 0.2) is 0 Å². The van der Waals surface area contributed by atoms with Gasteiger partial charge in [0.25, 0.3) is 0 Å². The summed E-state index contributed by atoms with van der Waals surface area (Å²) in [5, 5.41) is 22.2. The number of hydrogen-bond acceptors (Lipinski definition) is 6. The summed E-state index contributed by atoms with van der Waals surface area (Å²) in [6, 6.07) is 0. The Labute approximate surface area is 168 Å². The second kappa shape index (κ2) is 7.06. The summed E-state index contributed by atoms with van der Waals surface area (Å²) in [5.41, 5.74) is -3.37. The maximum atomic E-state index is 13.5. The quantitative estimate of drug-likeness (QED) is 0.697. The van der Waals surface area contributed by atoms with E-state index in [-0.39, 0.29) is 24.0 Å². The molecule has 3 rings (SSSR count). The van der Waals surface area contributed by atoms with E-state index in [1.807, 2.05) is 6.92 Å². The van der Waals surface area contributed by atoms with E-state index in [9.17, 15) is 19.8 Å². The molecule has 2 heterocycles. The predicted octanol–water partition coefficient (Wildman–Crippen LogP) is 2.63. The third kappa shape index (κ3) is 3.63. The lowest BCUT2D eigenvalue weighted by Gasteiger charge is -2.58. The minimum Gasteiger partial charge on any atom is -0.459 e. The van der Waals surface area contributed by atoms with Crippen molar-refractivity contribution in [3.05, 3.63) is 0 Å². The van der Waals surface area contributed by atoms with Crippen LogP contribution in [0, 0.1) is 23.7 Å². The molecule has 2 saturated heterocycles. The Morgan fingerprint density at radius 3 is 2.36 bits per heavy atom. The van der Waals surface area contributed by atoms with Crippen LogP contribution in [0.1, 0.15) is 73.6 Å². The number of ketones is 1. The molecule has 1 aliphatic carbocycles. The van der Waals surface area contributed by atoms with E-state index in [4.69, 9.17) is 9.47 Å². The van der Waals surface area contributed by atoms with Crippen LogP contribution >= 0.6 is 0 Å². The second-order valence-corrected chi connectivity index (χ2v) is 10.3. The Balaban J connectivity index is 2.15. The molecule has 6 nitrogen and oxygen atoms in total. The average molecular weight is 397 g/mol. The molecule has 2 bridgehead atoms. The van der Waals surface area contributed by atoms with Gasteiger partial charge in [-0.25, -0.2) is 0 Å². The Kier molecular flexibility index (Phi) is 5.48. The first-order valence-corrected chi connectivity index (χ1v) is 10.6. The fourth-order valence-corrected chi connectivity index (χ4v) is 6.13. The van der Waals surface area contributed by atoms with Gasteiger partial charge in [0.1, 0.15) is 11.4 Å².